The third kappa shape index (κ3) is 4.90. The second-order valence-electron chi connectivity index (χ2n) is 7.96. The number of aryl methyl sites for hydroxylation is 1. The van der Waals surface area contributed by atoms with Gasteiger partial charge < -0.3 is 10.1 Å². The number of ether oxygens (including phenoxy) is 1. The maximum absolute atomic E-state index is 12.5. The molecule has 1 N–H and O–H groups in total. The number of nitrogens with zero attached hydrogens (tertiary/aromatic N) is 2. The minimum Gasteiger partial charge on any atom is -0.483 e. The highest BCUT2D eigenvalue weighted by Crippen LogP contribution is 2.26. The van der Waals surface area contributed by atoms with E-state index in [1.165, 1.54) is 17.5 Å². The molecule has 0 spiro atoms. The van der Waals surface area contributed by atoms with E-state index in [0.29, 0.717) is 5.92 Å². The van der Waals surface area contributed by atoms with E-state index in [9.17, 15) is 4.79 Å². The zero-order valence-corrected chi connectivity index (χ0v) is 16.3. The molecule has 4 rings (SSSR count). The molecule has 1 fully saturated rings. The van der Waals surface area contributed by atoms with Gasteiger partial charge in [-0.3, -0.25) is 14.7 Å². The number of benzene rings is 1. The number of para-hydroxylation sites is 1. The minimum atomic E-state index is -0.00652. The summed E-state index contributed by atoms with van der Waals surface area (Å²) in [7, 11) is 0. The van der Waals surface area contributed by atoms with Crippen molar-refractivity contribution >= 4 is 5.91 Å². The number of likely N-dealkylation sites (tertiary alicyclic amines) is 1. The van der Waals surface area contributed by atoms with Crippen LogP contribution >= 0.6 is 0 Å². The molecule has 0 radical (unpaired) electrons. The lowest BCUT2D eigenvalue weighted by Crippen LogP contribution is -2.51. The van der Waals surface area contributed by atoms with E-state index in [0.717, 1.165) is 51.1 Å². The lowest BCUT2D eigenvalue weighted by Gasteiger charge is -2.39. The van der Waals surface area contributed by atoms with Gasteiger partial charge in [-0.25, -0.2) is 0 Å². The molecule has 0 saturated carbocycles. The van der Waals surface area contributed by atoms with Gasteiger partial charge >= 0.3 is 0 Å². The first kappa shape index (κ1) is 18.9. The molecule has 28 heavy (non-hydrogen) atoms. The summed E-state index contributed by atoms with van der Waals surface area (Å²) in [6.45, 7) is 3.09. The van der Waals surface area contributed by atoms with Crippen molar-refractivity contribution in [3.8, 4) is 5.75 Å². The van der Waals surface area contributed by atoms with Crippen LogP contribution in [-0.4, -0.2) is 41.5 Å². The molecule has 2 aliphatic heterocycles. The highest BCUT2D eigenvalue weighted by atomic mass is 16.5. The third-order valence-corrected chi connectivity index (χ3v) is 5.92. The van der Waals surface area contributed by atoms with E-state index < -0.39 is 0 Å². The number of pyridine rings is 1. The van der Waals surface area contributed by atoms with Crippen LogP contribution in [0.15, 0.2) is 48.8 Å². The second-order valence-corrected chi connectivity index (χ2v) is 7.96. The van der Waals surface area contributed by atoms with Crippen molar-refractivity contribution in [2.24, 2.45) is 5.92 Å². The Balaban J connectivity index is 1.41. The summed E-state index contributed by atoms with van der Waals surface area (Å²) in [5.41, 5.74) is 2.51. The smallest absolute Gasteiger partial charge is 0.258 e. The number of nitrogens with one attached hydrogen (secondary N) is 1. The molecule has 1 amide bonds. The fraction of sp³-hybridized carbons (Fsp3) is 0.478. The molecule has 0 bridgehead atoms. The van der Waals surface area contributed by atoms with Crippen molar-refractivity contribution in [1.29, 1.82) is 0 Å². The predicted molar refractivity (Wildman–Crippen MR) is 109 cm³/mol. The SMILES string of the molecule is O=C1COc2ccccc2CCCC[C@H]2CN(Cc3ccncc3)CC[C@H]2N1. The Hall–Kier alpha value is -2.40. The Morgan fingerprint density at radius 1 is 1.11 bits per heavy atom. The van der Waals surface area contributed by atoms with E-state index in [1.807, 2.05) is 30.6 Å². The van der Waals surface area contributed by atoms with E-state index >= 15 is 0 Å². The zero-order valence-electron chi connectivity index (χ0n) is 16.3. The van der Waals surface area contributed by atoms with Crippen LogP contribution in [0, 0.1) is 5.92 Å². The Labute approximate surface area is 167 Å². The van der Waals surface area contributed by atoms with E-state index in [2.05, 4.69) is 33.4 Å². The molecule has 1 aromatic carbocycles. The highest BCUT2D eigenvalue weighted by molar-refractivity contribution is 5.78. The minimum absolute atomic E-state index is 0.00652. The van der Waals surface area contributed by atoms with E-state index in [1.54, 1.807) is 0 Å². The van der Waals surface area contributed by atoms with Gasteiger partial charge in [0.1, 0.15) is 5.75 Å². The van der Waals surface area contributed by atoms with Crippen LogP contribution in [0.5, 0.6) is 5.75 Å². The summed E-state index contributed by atoms with van der Waals surface area (Å²) < 4.78 is 5.82. The first-order chi connectivity index (χ1) is 13.8. The molecule has 1 saturated heterocycles. The molecule has 148 valence electrons. The average Bonchev–Trinajstić information content (AvgIpc) is 2.72. The van der Waals surface area contributed by atoms with Crippen LogP contribution in [0.2, 0.25) is 0 Å². The summed E-state index contributed by atoms with van der Waals surface area (Å²) in [6, 6.07) is 12.5. The normalized spacial score (nSPS) is 23.9. The van der Waals surface area contributed by atoms with Crippen LogP contribution in [0.4, 0.5) is 0 Å². The van der Waals surface area contributed by atoms with Gasteiger partial charge in [0.05, 0.1) is 0 Å². The molecular weight excluding hydrogens is 350 g/mol. The van der Waals surface area contributed by atoms with E-state index in [4.69, 9.17) is 4.74 Å². The molecule has 2 atom stereocenters. The van der Waals surface area contributed by atoms with Gasteiger partial charge in [-0.05, 0) is 60.9 Å². The summed E-state index contributed by atoms with van der Waals surface area (Å²) in [4.78, 5) is 19.1. The standard InChI is InChI=1S/C23H29N3O2/c27-23-17-28-22-8-4-3-6-19(22)5-1-2-7-20-16-26(14-11-21(20)25-23)15-18-9-12-24-13-10-18/h3-4,6,8-10,12-13,20-21H,1-2,5,7,11,14-17H2,(H,25,27)/t20-,21+/m0/s1. The number of carbonyl (C=O) groups is 1. The van der Waals surface area contributed by atoms with Gasteiger partial charge in [0.25, 0.3) is 5.91 Å². The Morgan fingerprint density at radius 2 is 1.96 bits per heavy atom. The Bertz CT molecular complexity index is 780. The monoisotopic (exact) mass is 379 g/mol. The largest absolute Gasteiger partial charge is 0.483 e. The summed E-state index contributed by atoms with van der Waals surface area (Å²) in [6.07, 6.45) is 9.21. The number of hydrogen-bond acceptors (Lipinski definition) is 4. The zero-order chi connectivity index (χ0) is 19.2. The summed E-state index contributed by atoms with van der Waals surface area (Å²) in [5, 5.41) is 3.25. The molecule has 5 heteroatoms. The van der Waals surface area contributed by atoms with Crippen LogP contribution in [0.1, 0.15) is 36.8 Å². The summed E-state index contributed by atoms with van der Waals surface area (Å²) in [5.74, 6) is 1.34. The quantitative estimate of drug-likeness (QED) is 0.871. The molecule has 0 aliphatic carbocycles. The van der Waals surface area contributed by atoms with Crippen LogP contribution in [0.25, 0.3) is 0 Å². The van der Waals surface area contributed by atoms with Gasteiger partial charge in [-0.15, -0.1) is 0 Å². The topological polar surface area (TPSA) is 54.5 Å². The number of aromatic nitrogens is 1. The molecule has 5 nitrogen and oxygen atoms in total. The number of amides is 1. The van der Waals surface area contributed by atoms with Gasteiger partial charge in [0.15, 0.2) is 6.61 Å². The number of fused-ring (bicyclic) bond motifs is 2. The van der Waals surface area contributed by atoms with Crippen molar-refractivity contribution in [3.63, 3.8) is 0 Å². The van der Waals surface area contributed by atoms with Gasteiger partial charge in [0.2, 0.25) is 0 Å². The van der Waals surface area contributed by atoms with Gasteiger partial charge in [-0.1, -0.05) is 24.6 Å². The Kier molecular flexibility index (Phi) is 6.22. The number of piperidine rings is 1. The lowest BCUT2D eigenvalue weighted by molar-refractivity contribution is -0.124. The van der Waals surface area contributed by atoms with Crippen molar-refractivity contribution in [3.05, 3.63) is 59.9 Å². The van der Waals surface area contributed by atoms with Crippen molar-refractivity contribution in [1.82, 2.24) is 15.2 Å². The number of hydrogen-bond donors (Lipinski definition) is 1. The molecule has 2 aromatic rings. The third-order valence-electron chi connectivity index (χ3n) is 5.92. The van der Waals surface area contributed by atoms with Crippen LogP contribution < -0.4 is 10.1 Å². The number of carbonyl (C=O) groups excluding carboxylic acids is 1. The predicted octanol–water partition coefficient (Wildman–Crippen LogP) is 3.19. The Morgan fingerprint density at radius 3 is 2.86 bits per heavy atom. The van der Waals surface area contributed by atoms with E-state index in [-0.39, 0.29) is 18.6 Å². The first-order valence-electron chi connectivity index (χ1n) is 10.4. The lowest BCUT2D eigenvalue weighted by atomic mass is 9.87. The number of rotatable bonds is 2. The second kappa shape index (κ2) is 9.20. The molecular formula is C23H29N3O2. The average molecular weight is 380 g/mol. The van der Waals surface area contributed by atoms with Crippen molar-refractivity contribution < 1.29 is 9.53 Å². The molecule has 3 heterocycles. The maximum Gasteiger partial charge on any atom is 0.258 e. The van der Waals surface area contributed by atoms with Crippen molar-refractivity contribution in [2.75, 3.05) is 19.7 Å². The van der Waals surface area contributed by atoms with Gasteiger partial charge in [0, 0.05) is 38.1 Å². The molecule has 2 aliphatic rings. The van der Waals surface area contributed by atoms with Crippen LogP contribution in [0.3, 0.4) is 0 Å². The van der Waals surface area contributed by atoms with Crippen LogP contribution in [-0.2, 0) is 17.8 Å². The fourth-order valence-corrected chi connectivity index (χ4v) is 4.44. The highest BCUT2D eigenvalue weighted by Gasteiger charge is 2.30. The fourth-order valence-electron chi connectivity index (χ4n) is 4.44. The molecule has 1 aromatic heterocycles. The summed E-state index contributed by atoms with van der Waals surface area (Å²) >= 11 is 0. The maximum atomic E-state index is 12.5. The molecule has 0 unspecified atom stereocenters. The van der Waals surface area contributed by atoms with Gasteiger partial charge in [-0.2, -0.15) is 0 Å². The van der Waals surface area contributed by atoms with Crippen molar-refractivity contribution in [2.45, 2.75) is 44.7 Å². The first-order valence-corrected chi connectivity index (χ1v) is 10.4.